The summed E-state index contributed by atoms with van der Waals surface area (Å²) in [4.78, 5) is 12.2. The highest BCUT2D eigenvalue weighted by Gasteiger charge is 2.10. The van der Waals surface area contributed by atoms with Gasteiger partial charge in [0.2, 0.25) is 0 Å². The van der Waals surface area contributed by atoms with E-state index in [0.717, 1.165) is 16.5 Å². The summed E-state index contributed by atoms with van der Waals surface area (Å²) in [6, 6.07) is 4.56. The molecule has 0 saturated carbocycles. The van der Waals surface area contributed by atoms with E-state index >= 15 is 0 Å². The maximum atomic E-state index is 13.6. The average Bonchev–Trinajstić information content (AvgIpc) is 2.34. The maximum absolute atomic E-state index is 13.6. The molecule has 0 bridgehead atoms. The van der Waals surface area contributed by atoms with Gasteiger partial charge in [0.1, 0.15) is 11.5 Å². The summed E-state index contributed by atoms with van der Waals surface area (Å²) < 4.78 is 14.7. The molecule has 6 heteroatoms. The van der Waals surface area contributed by atoms with Crippen LogP contribution in [0.1, 0.15) is 19.5 Å². The summed E-state index contributed by atoms with van der Waals surface area (Å²) in [6.45, 7) is 5.54. The normalized spacial score (nSPS) is 10.8. The van der Waals surface area contributed by atoms with Gasteiger partial charge < -0.3 is 5.32 Å². The lowest BCUT2D eigenvalue weighted by Crippen LogP contribution is -2.25. The fraction of sp³-hybridized carbons (Fsp3) is 0.308. The van der Waals surface area contributed by atoms with Crippen LogP contribution < -0.4 is 10.9 Å². The van der Waals surface area contributed by atoms with Gasteiger partial charge in [0, 0.05) is 12.1 Å². The molecule has 2 aromatic rings. The highest BCUT2D eigenvalue weighted by atomic mass is 19.1. The Morgan fingerprint density at radius 1 is 1.32 bits per heavy atom. The van der Waals surface area contributed by atoms with Crippen LogP contribution in [0.3, 0.4) is 0 Å². The van der Waals surface area contributed by atoms with Crippen LogP contribution in [0.25, 0.3) is 5.82 Å². The van der Waals surface area contributed by atoms with E-state index < -0.39 is 5.82 Å². The standard InChI is InChI=1S/C13H15FN4O/c1-8(2)15-11-6-10(14)7-18(13(11)19)12-5-4-9(3)16-17-12/h4-8,15H,1-3H3. The zero-order chi connectivity index (χ0) is 14.0. The molecule has 0 spiro atoms. The van der Waals surface area contributed by atoms with Crippen molar-refractivity contribution in [3.05, 3.63) is 46.3 Å². The van der Waals surface area contributed by atoms with Crippen LogP contribution in [-0.2, 0) is 0 Å². The smallest absolute Gasteiger partial charge is 0.279 e. The van der Waals surface area contributed by atoms with Gasteiger partial charge >= 0.3 is 0 Å². The lowest BCUT2D eigenvalue weighted by molar-refractivity contribution is 0.611. The molecule has 0 radical (unpaired) electrons. The highest BCUT2D eigenvalue weighted by molar-refractivity contribution is 5.43. The minimum Gasteiger partial charge on any atom is -0.378 e. The topological polar surface area (TPSA) is 59.8 Å². The second kappa shape index (κ2) is 5.17. The summed E-state index contributed by atoms with van der Waals surface area (Å²) >= 11 is 0. The highest BCUT2D eigenvalue weighted by Crippen LogP contribution is 2.09. The Bertz CT molecular complexity index is 634. The molecule has 0 aromatic carbocycles. The number of halogens is 1. The predicted octanol–water partition coefficient (Wildman–Crippen LogP) is 1.90. The van der Waals surface area contributed by atoms with Crippen molar-refractivity contribution in [2.24, 2.45) is 0 Å². The number of pyridine rings is 1. The van der Waals surface area contributed by atoms with Crippen molar-refractivity contribution in [1.29, 1.82) is 0 Å². The zero-order valence-corrected chi connectivity index (χ0v) is 11.0. The number of rotatable bonds is 3. The lowest BCUT2D eigenvalue weighted by atomic mass is 10.3. The van der Waals surface area contributed by atoms with Crippen molar-refractivity contribution in [3.63, 3.8) is 0 Å². The van der Waals surface area contributed by atoms with Crippen molar-refractivity contribution >= 4 is 5.69 Å². The van der Waals surface area contributed by atoms with E-state index in [0.29, 0.717) is 5.82 Å². The van der Waals surface area contributed by atoms with E-state index in [2.05, 4.69) is 15.5 Å². The second-order valence-electron chi connectivity index (χ2n) is 4.58. The maximum Gasteiger partial charge on any atom is 0.279 e. The largest absolute Gasteiger partial charge is 0.378 e. The molecular formula is C13H15FN4O. The van der Waals surface area contributed by atoms with Crippen molar-refractivity contribution in [3.8, 4) is 5.82 Å². The van der Waals surface area contributed by atoms with Gasteiger partial charge in [-0.2, -0.15) is 5.10 Å². The van der Waals surface area contributed by atoms with E-state index in [9.17, 15) is 9.18 Å². The SMILES string of the molecule is Cc1ccc(-n2cc(F)cc(NC(C)C)c2=O)nn1. The van der Waals surface area contributed by atoms with E-state index in [1.807, 2.05) is 13.8 Å². The fourth-order valence-electron chi connectivity index (χ4n) is 1.65. The molecule has 0 atom stereocenters. The first-order valence-electron chi connectivity index (χ1n) is 5.97. The summed E-state index contributed by atoms with van der Waals surface area (Å²) in [7, 11) is 0. The molecule has 0 fully saturated rings. The van der Waals surface area contributed by atoms with Crippen molar-refractivity contribution in [2.75, 3.05) is 5.32 Å². The average molecular weight is 262 g/mol. The van der Waals surface area contributed by atoms with Crippen LogP contribution >= 0.6 is 0 Å². The first-order chi connectivity index (χ1) is 8.97. The number of nitrogens with one attached hydrogen (secondary N) is 1. The number of anilines is 1. The van der Waals surface area contributed by atoms with Gasteiger partial charge in [-0.25, -0.2) is 4.39 Å². The summed E-state index contributed by atoms with van der Waals surface area (Å²) in [5, 5.41) is 10.7. The number of nitrogens with zero attached hydrogens (tertiary/aromatic N) is 3. The Morgan fingerprint density at radius 2 is 2.05 bits per heavy atom. The van der Waals surface area contributed by atoms with Gasteiger partial charge in [0.15, 0.2) is 5.82 Å². The second-order valence-corrected chi connectivity index (χ2v) is 4.58. The monoisotopic (exact) mass is 262 g/mol. The van der Waals surface area contributed by atoms with Gasteiger partial charge in [-0.05, 0) is 32.9 Å². The van der Waals surface area contributed by atoms with E-state index in [1.165, 1.54) is 6.07 Å². The molecule has 0 aliphatic heterocycles. The molecule has 5 nitrogen and oxygen atoms in total. The number of hydrogen-bond acceptors (Lipinski definition) is 4. The Labute approximate surface area is 110 Å². The van der Waals surface area contributed by atoms with E-state index in [-0.39, 0.29) is 17.3 Å². The third-order valence-corrected chi connectivity index (χ3v) is 2.46. The molecule has 1 N–H and O–H groups in total. The van der Waals surface area contributed by atoms with Crippen LogP contribution in [0, 0.1) is 12.7 Å². The molecule has 2 rings (SSSR count). The number of aryl methyl sites for hydroxylation is 1. The van der Waals surface area contributed by atoms with Crippen LogP contribution in [0.5, 0.6) is 0 Å². The Hall–Kier alpha value is -2.24. The van der Waals surface area contributed by atoms with Crippen molar-refractivity contribution in [2.45, 2.75) is 26.8 Å². The van der Waals surface area contributed by atoms with Gasteiger partial charge in [0.25, 0.3) is 5.56 Å². The van der Waals surface area contributed by atoms with Crippen LogP contribution in [-0.4, -0.2) is 20.8 Å². The third kappa shape index (κ3) is 2.96. The minimum absolute atomic E-state index is 0.0343. The molecular weight excluding hydrogens is 247 g/mol. The molecule has 100 valence electrons. The van der Waals surface area contributed by atoms with Gasteiger partial charge in [-0.1, -0.05) is 0 Å². The Kier molecular flexibility index (Phi) is 3.59. The van der Waals surface area contributed by atoms with Crippen molar-refractivity contribution < 1.29 is 4.39 Å². The van der Waals surface area contributed by atoms with Gasteiger partial charge in [0.05, 0.1) is 11.9 Å². The Balaban J connectivity index is 2.54. The summed E-state index contributed by atoms with van der Waals surface area (Å²) in [5.41, 5.74) is 0.583. The van der Waals surface area contributed by atoms with Gasteiger partial charge in [-0.15, -0.1) is 5.10 Å². The zero-order valence-electron chi connectivity index (χ0n) is 11.0. The predicted molar refractivity (Wildman–Crippen MR) is 71.1 cm³/mol. The molecule has 0 amide bonds. The minimum atomic E-state index is -0.509. The first-order valence-corrected chi connectivity index (χ1v) is 5.97. The molecule has 0 aliphatic rings. The van der Waals surface area contributed by atoms with Crippen molar-refractivity contribution in [1.82, 2.24) is 14.8 Å². The first kappa shape index (κ1) is 13.2. The molecule has 2 aromatic heterocycles. The molecule has 2 heterocycles. The number of hydrogen-bond donors (Lipinski definition) is 1. The van der Waals surface area contributed by atoms with Crippen LogP contribution in [0.2, 0.25) is 0 Å². The molecule has 19 heavy (non-hydrogen) atoms. The fourth-order valence-corrected chi connectivity index (χ4v) is 1.65. The third-order valence-electron chi connectivity index (χ3n) is 2.46. The van der Waals surface area contributed by atoms with Gasteiger partial charge in [-0.3, -0.25) is 9.36 Å². The molecule has 0 aliphatic carbocycles. The molecule has 0 unspecified atom stereocenters. The van der Waals surface area contributed by atoms with Crippen LogP contribution in [0.15, 0.2) is 29.2 Å². The van der Waals surface area contributed by atoms with E-state index in [1.54, 1.807) is 19.1 Å². The quantitative estimate of drug-likeness (QED) is 0.917. The summed E-state index contributed by atoms with van der Waals surface area (Å²) in [5.74, 6) is -0.216. The summed E-state index contributed by atoms with van der Waals surface area (Å²) in [6.07, 6.45) is 1.10. The Morgan fingerprint density at radius 3 is 2.63 bits per heavy atom. The van der Waals surface area contributed by atoms with E-state index in [4.69, 9.17) is 0 Å². The lowest BCUT2D eigenvalue weighted by Gasteiger charge is -2.12. The number of aromatic nitrogens is 3. The van der Waals surface area contributed by atoms with Crippen LogP contribution in [0.4, 0.5) is 10.1 Å². The molecule has 0 saturated heterocycles.